The minimum atomic E-state index is -0.464. The Balaban J connectivity index is 2.30. The highest BCUT2D eigenvalue weighted by atomic mass is 16.6. The van der Waals surface area contributed by atoms with Crippen molar-refractivity contribution < 1.29 is 9.72 Å². The number of nitro groups is 1. The number of carbonyl (C=O) groups is 1. The van der Waals surface area contributed by atoms with Crippen molar-refractivity contribution in [1.29, 1.82) is 0 Å². The quantitative estimate of drug-likeness (QED) is 0.694. The van der Waals surface area contributed by atoms with Gasteiger partial charge in [0.1, 0.15) is 0 Å². The average molecular weight is 288 g/mol. The van der Waals surface area contributed by atoms with E-state index < -0.39 is 4.92 Å². The molecular weight excluding hydrogens is 272 g/mol. The summed E-state index contributed by atoms with van der Waals surface area (Å²) < 4.78 is 1.65. The second-order valence-electron chi connectivity index (χ2n) is 4.88. The van der Waals surface area contributed by atoms with E-state index in [1.165, 1.54) is 18.2 Å². The molecule has 0 aliphatic rings. The number of benzene rings is 1. The molecule has 1 amide bonds. The molecule has 0 atom stereocenters. The maximum absolute atomic E-state index is 12.3. The van der Waals surface area contributed by atoms with Crippen LogP contribution in [0.5, 0.6) is 0 Å². The van der Waals surface area contributed by atoms with E-state index in [1.54, 1.807) is 25.6 Å². The van der Waals surface area contributed by atoms with Crippen molar-refractivity contribution in [3.8, 4) is 0 Å². The van der Waals surface area contributed by atoms with Gasteiger partial charge in [-0.3, -0.25) is 19.6 Å². The molecule has 7 nitrogen and oxygen atoms in total. The molecule has 0 aliphatic carbocycles. The Hall–Kier alpha value is -2.70. The SMILES string of the molecule is Cc1cc([N+](=O)[O-])ccc1NC(=O)c1c(C)nn(C)c1C. The van der Waals surface area contributed by atoms with E-state index in [9.17, 15) is 14.9 Å². The van der Waals surface area contributed by atoms with E-state index >= 15 is 0 Å². The minimum Gasteiger partial charge on any atom is -0.322 e. The second kappa shape index (κ2) is 5.35. The fourth-order valence-electron chi connectivity index (χ4n) is 2.19. The summed E-state index contributed by atoms with van der Waals surface area (Å²) in [5.41, 5.74) is 3.12. The molecule has 0 radical (unpaired) electrons. The van der Waals surface area contributed by atoms with Crippen molar-refractivity contribution in [1.82, 2.24) is 9.78 Å². The van der Waals surface area contributed by atoms with Gasteiger partial charge in [0, 0.05) is 30.6 Å². The largest absolute Gasteiger partial charge is 0.322 e. The van der Waals surface area contributed by atoms with Gasteiger partial charge in [-0.05, 0) is 32.4 Å². The van der Waals surface area contributed by atoms with Crippen LogP contribution in [0.15, 0.2) is 18.2 Å². The Morgan fingerprint density at radius 2 is 2.00 bits per heavy atom. The van der Waals surface area contributed by atoms with Crippen LogP contribution in [-0.2, 0) is 7.05 Å². The number of carbonyl (C=O) groups excluding carboxylic acids is 1. The molecule has 0 saturated carbocycles. The van der Waals surface area contributed by atoms with Gasteiger partial charge in [-0.25, -0.2) is 0 Å². The van der Waals surface area contributed by atoms with E-state index in [2.05, 4.69) is 10.4 Å². The van der Waals surface area contributed by atoms with Crippen molar-refractivity contribution in [3.63, 3.8) is 0 Å². The van der Waals surface area contributed by atoms with Crippen LogP contribution in [0.25, 0.3) is 0 Å². The van der Waals surface area contributed by atoms with E-state index in [0.29, 0.717) is 22.5 Å². The fraction of sp³-hybridized carbons (Fsp3) is 0.286. The lowest BCUT2D eigenvalue weighted by Gasteiger charge is -2.08. The van der Waals surface area contributed by atoms with E-state index in [-0.39, 0.29) is 11.6 Å². The number of anilines is 1. The zero-order valence-corrected chi connectivity index (χ0v) is 12.3. The van der Waals surface area contributed by atoms with Crippen LogP contribution in [-0.4, -0.2) is 20.6 Å². The first-order valence-electron chi connectivity index (χ1n) is 6.38. The summed E-state index contributed by atoms with van der Waals surface area (Å²) in [5, 5.41) is 17.7. The van der Waals surface area contributed by atoms with E-state index in [0.717, 1.165) is 5.69 Å². The van der Waals surface area contributed by atoms with Gasteiger partial charge in [-0.2, -0.15) is 5.10 Å². The second-order valence-corrected chi connectivity index (χ2v) is 4.88. The number of hydrogen-bond acceptors (Lipinski definition) is 4. The molecule has 2 rings (SSSR count). The Bertz CT molecular complexity index is 734. The molecule has 1 N–H and O–H groups in total. The van der Waals surface area contributed by atoms with Gasteiger partial charge in [0.15, 0.2) is 0 Å². The van der Waals surface area contributed by atoms with Crippen molar-refractivity contribution in [2.24, 2.45) is 7.05 Å². The summed E-state index contributed by atoms with van der Waals surface area (Å²) in [6.45, 7) is 5.30. The van der Waals surface area contributed by atoms with Gasteiger partial charge >= 0.3 is 0 Å². The molecule has 0 spiro atoms. The summed E-state index contributed by atoms with van der Waals surface area (Å²) in [6.07, 6.45) is 0. The summed E-state index contributed by atoms with van der Waals surface area (Å²) >= 11 is 0. The first-order valence-corrected chi connectivity index (χ1v) is 6.38. The zero-order valence-electron chi connectivity index (χ0n) is 12.3. The lowest BCUT2D eigenvalue weighted by Crippen LogP contribution is -2.15. The summed E-state index contributed by atoms with van der Waals surface area (Å²) in [4.78, 5) is 22.6. The third kappa shape index (κ3) is 2.76. The maximum atomic E-state index is 12.3. The normalized spacial score (nSPS) is 10.5. The number of nitrogens with one attached hydrogen (secondary N) is 1. The molecule has 0 saturated heterocycles. The van der Waals surface area contributed by atoms with Crippen molar-refractivity contribution in [3.05, 3.63) is 50.8 Å². The molecule has 0 unspecified atom stereocenters. The van der Waals surface area contributed by atoms with Crippen LogP contribution in [0.2, 0.25) is 0 Å². The molecule has 2 aromatic rings. The van der Waals surface area contributed by atoms with Crippen LogP contribution in [0.1, 0.15) is 27.3 Å². The summed E-state index contributed by atoms with van der Waals surface area (Å²) in [7, 11) is 1.77. The third-order valence-electron chi connectivity index (χ3n) is 3.41. The molecule has 0 aliphatic heterocycles. The van der Waals surface area contributed by atoms with Crippen LogP contribution in [0.3, 0.4) is 0 Å². The van der Waals surface area contributed by atoms with Gasteiger partial charge in [0.25, 0.3) is 11.6 Å². The predicted molar refractivity (Wildman–Crippen MR) is 78.5 cm³/mol. The van der Waals surface area contributed by atoms with Crippen molar-refractivity contribution in [2.45, 2.75) is 20.8 Å². The lowest BCUT2D eigenvalue weighted by atomic mass is 10.1. The Morgan fingerprint density at radius 1 is 1.33 bits per heavy atom. The number of hydrogen-bond donors (Lipinski definition) is 1. The minimum absolute atomic E-state index is 0.000706. The fourth-order valence-corrected chi connectivity index (χ4v) is 2.19. The lowest BCUT2D eigenvalue weighted by molar-refractivity contribution is -0.384. The predicted octanol–water partition coefficient (Wildman–Crippen LogP) is 2.51. The Kier molecular flexibility index (Phi) is 3.75. The highest BCUT2D eigenvalue weighted by molar-refractivity contribution is 6.06. The molecular formula is C14H16N4O3. The van der Waals surface area contributed by atoms with Crippen molar-refractivity contribution >= 4 is 17.3 Å². The number of nitro benzene ring substituents is 1. The first-order chi connectivity index (χ1) is 9.81. The molecule has 110 valence electrons. The molecule has 0 fully saturated rings. The number of aryl methyl sites for hydroxylation is 3. The number of nitrogens with zero attached hydrogens (tertiary/aromatic N) is 3. The highest BCUT2D eigenvalue weighted by Gasteiger charge is 2.18. The maximum Gasteiger partial charge on any atom is 0.269 e. The van der Waals surface area contributed by atoms with E-state index in [1.807, 2.05) is 6.92 Å². The standard InChI is InChI=1S/C14H16N4O3/c1-8-7-11(18(20)21)5-6-12(8)15-14(19)13-9(2)16-17(4)10(13)3/h5-7H,1-4H3,(H,15,19). The molecule has 21 heavy (non-hydrogen) atoms. The van der Waals surface area contributed by atoms with Gasteiger partial charge < -0.3 is 5.32 Å². The monoisotopic (exact) mass is 288 g/mol. The molecule has 7 heteroatoms. The number of rotatable bonds is 3. The molecule has 0 bridgehead atoms. The average Bonchev–Trinajstić information content (AvgIpc) is 2.65. The van der Waals surface area contributed by atoms with Crippen molar-refractivity contribution in [2.75, 3.05) is 5.32 Å². The van der Waals surface area contributed by atoms with E-state index in [4.69, 9.17) is 0 Å². The number of aromatic nitrogens is 2. The smallest absolute Gasteiger partial charge is 0.269 e. The highest BCUT2D eigenvalue weighted by Crippen LogP contribution is 2.22. The first kappa shape index (κ1) is 14.7. The molecule has 1 aromatic heterocycles. The summed E-state index contributed by atoms with van der Waals surface area (Å²) in [6, 6.07) is 4.33. The van der Waals surface area contributed by atoms with Crippen LogP contribution >= 0.6 is 0 Å². The van der Waals surface area contributed by atoms with Crippen LogP contribution in [0, 0.1) is 30.9 Å². The van der Waals surface area contributed by atoms with Crippen LogP contribution in [0.4, 0.5) is 11.4 Å². The number of non-ortho nitro benzene ring substituents is 1. The topological polar surface area (TPSA) is 90.1 Å². The summed E-state index contributed by atoms with van der Waals surface area (Å²) in [5.74, 6) is -0.268. The molecule has 1 aromatic carbocycles. The Labute approximate surface area is 121 Å². The van der Waals surface area contributed by atoms with Gasteiger partial charge in [-0.15, -0.1) is 0 Å². The van der Waals surface area contributed by atoms with Gasteiger partial charge in [0.2, 0.25) is 0 Å². The zero-order chi connectivity index (χ0) is 15.7. The third-order valence-corrected chi connectivity index (χ3v) is 3.41. The Morgan fingerprint density at radius 3 is 2.48 bits per heavy atom. The van der Waals surface area contributed by atoms with Gasteiger partial charge in [-0.1, -0.05) is 0 Å². The molecule has 1 heterocycles. The van der Waals surface area contributed by atoms with Crippen LogP contribution < -0.4 is 5.32 Å². The van der Waals surface area contributed by atoms with Gasteiger partial charge in [0.05, 0.1) is 16.2 Å². The number of amides is 1.